The second-order valence-corrected chi connectivity index (χ2v) is 4.96. The number of nitrogens with two attached hydrogens (primary N) is 1. The maximum atomic E-state index is 11.1. The maximum absolute atomic E-state index is 11.1. The van der Waals surface area contributed by atoms with E-state index >= 15 is 0 Å². The van der Waals surface area contributed by atoms with Gasteiger partial charge in [0.25, 0.3) is 0 Å². The number of hydrogen-bond donors (Lipinski definition) is 1. The lowest BCUT2D eigenvalue weighted by Gasteiger charge is -2.29. The van der Waals surface area contributed by atoms with E-state index in [0.29, 0.717) is 5.56 Å². The molecule has 0 saturated carbocycles. The summed E-state index contributed by atoms with van der Waals surface area (Å²) in [5.74, 6) is 0.436. The highest BCUT2D eigenvalue weighted by Gasteiger charge is 2.18. The number of carbonyl (C=O) groups is 1. The van der Waals surface area contributed by atoms with Crippen LogP contribution in [-0.4, -0.2) is 37.0 Å². The lowest BCUT2D eigenvalue weighted by molar-refractivity contribution is 0.0999. The van der Waals surface area contributed by atoms with Crippen molar-refractivity contribution in [3.8, 4) is 5.75 Å². The molecule has 0 aliphatic carbocycles. The molecule has 0 aromatic heterocycles. The van der Waals surface area contributed by atoms with Crippen molar-refractivity contribution in [2.45, 2.75) is 25.9 Å². The first-order chi connectivity index (χ1) is 8.56. The summed E-state index contributed by atoms with van der Waals surface area (Å²) >= 11 is 0. The molecule has 1 saturated heterocycles. The fraction of sp³-hybridized carbons (Fsp3) is 0.500. The van der Waals surface area contributed by atoms with Crippen LogP contribution in [0.4, 0.5) is 0 Å². The average molecular weight is 248 g/mol. The Bertz CT molecular complexity index is 437. The van der Waals surface area contributed by atoms with Crippen molar-refractivity contribution >= 4 is 5.91 Å². The Kier molecular flexibility index (Phi) is 3.87. The molecule has 1 heterocycles. The largest absolute Gasteiger partial charge is 0.490 e. The van der Waals surface area contributed by atoms with Gasteiger partial charge in [-0.3, -0.25) is 4.79 Å². The van der Waals surface area contributed by atoms with Crippen LogP contribution in [0.25, 0.3) is 0 Å². The van der Waals surface area contributed by atoms with Crippen molar-refractivity contribution in [2.24, 2.45) is 5.73 Å². The summed E-state index contributed by atoms with van der Waals surface area (Å²) in [4.78, 5) is 13.4. The minimum Gasteiger partial charge on any atom is -0.490 e. The molecule has 0 bridgehead atoms. The molecule has 2 N–H and O–H groups in total. The SMILES string of the molecule is Cc1cc(OC2CCN(C)CC2)ccc1C(N)=O. The van der Waals surface area contributed by atoms with Crippen LogP contribution in [0.15, 0.2) is 18.2 Å². The fourth-order valence-corrected chi connectivity index (χ4v) is 2.28. The molecule has 4 nitrogen and oxygen atoms in total. The van der Waals surface area contributed by atoms with Crippen molar-refractivity contribution in [2.75, 3.05) is 20.1 Å². The maximum Gasteiger partial charge on any atom is 0.248 e. The molecule has 2 rings (SSSR count). The van der Waals surface area contributed by atoms with Crippen LogP contribution in [0.1, 0.15) is 28.8 Å². The van der Waals surface area contributed by atoms with E-state index in [0.717, 1.165) is 37.2 Å². The van der Waals surface area contributed by atoms with Gasteiger partial charge in [0.05, 0.1) is 0 Å². The van der Waals surface area contributed by atoms with Gasteiger partial charge in [-0.15, -0.1) is 0 Å². The van der Waals surface area contributed by atoms with Gasteiger partial charge in [0, 0.05) is 18.7 Å². The smallest absolute Gasteiger partial charge is 0.248 e. The standard InChI is InChI=1S/C14H20N2O2/c1-10-9-12(3-4-13(10)14(15)17)18-11-5-7-16(2)8-6-11/h3-4,9,11H,5-8H2,1-2H3,(H2,15,17). The van der Waals surface area contributed by atoms with Gasteiger partial charge in [-0.25, -0.2) is 0 Å². The molecular weight excluding hydrogens is 228 g/mol. The molecule has 0 radical (unpaired) electrons. The number of rotatable bonds is 3. The molecule has 0 unspecified atom stereocenters. The molecule has 1 aliphatic rings. The third kappa shape index (κ3) is 3.01. The van der Waals surface area contributed by atoms with Crippen LogP contribution < -0.4 is 10.5 Å². The van der Waals surface area contributed by atoms with Gasteiger partial charge < -0.3 is 15.4 Å². The van der Waals surface area contributed by atoms with Crippen molar-refractivity contribution in [3.05, 3.63) is 29.3 Å². The van der Waals surface area contributed by atoms with Crippen LogP contribution in [-0.2, 0) is 0 Å². The number of ether oxygens (including phenoxy) is 1. The molecule has 0 atom stereocenters. The minimum absolute atomic E-state index is 0.278. The van der Waals surface area contributed by atoms with Crippen LogP contribution in [0.5, 0.6) is 5.75 Å². The highest BCUT2D eigenvalue weighted by atomic mass is 16.5. The number of primary amides is 1. The Labute approximate surface area is 108 Å². The number of carbonyl (C=O) groups excluding carboxylic acids is 1. The summed E-state index contributed by atoms with van der Waals surface area (Å²) in [6.45, 7) is 4.02. The van der Waals surface area contributed by atoms with Crippen molar-refractivity contribution in [1.29, 1.82) is 0 Å². The van der Waals surface area contributed by atoms with Crippen LogP contribution in [0.3, 0.4) is 0 Å². The van der Waals surface area contributed by atoms with Crippen molar-refractivity contribution < 1.29 is 9.53 Å². The Hall–Kier alpha value is -1.55. The zero-order valence-corrected chi connectivity index (χ0v) is 11.0. The van der Waals surface area contributed by atoms with E-state index in [1.54, 1.807) is 6.07 Å². The first-order valence-electron chi connectivity index (χ1n) is 6.32. The van der Waals surface area contributed by atoms with Gasteiger partial charge in [0.2, 0.25) is 5.91 Å². The Morgan fingerprint density at radius 3 is 2.61 bits per heavy atom. The average Bonchev–Trinajstić information content (AvgIpc) is 2.32. The lowest BCUT2D eigenvalue weighted by Crippen LogP contribution is -2.35. The lowest BCUT2D eigenvalue weighted by atomic mass is 10.1. The molecule has 0 spiro atoms. The van der Waals surface area contributed by atoms with Crippen LogP contribution >= 0.6 is 0 Å². The van der Waals surface area contributed by atoms with Gasteiger partial charge in [0.15, 0.2) is 0 Å². The van der Waals surface area contributed by atoms with Gasteiger partial charge in [-0.05, 0) is 50.6 Å². The first kappa shape index (κ1) is 12.9. The fourth-order valence-electron chi connectivity index (χ4n) is 2.28. The van der Waals surface area contributed by atoms with Gasteiger partial charge >= 0.3 is 0 Å². The van der Waals surface area contributed by atoms with Gasteiger partial charge in [-0.2, -0.15) is 0 Å². The summed E-state index contributed by atoms with van der Waals surface area (Å²) in [5.41, 5.74) is 6.71. The Morgan fingerprint density at radius 1 is 1.39 bits per heavy atom. The summed E-state index contributed by atoms with van der Waals surface area (Å²) in [5, 5.41) is 0. The third-order valence-corrected chi connectivity index (χ3v) is 3.43. The van der Waals surface area contributed by atoms with Crippen LogP contribution in [0.2, 0.25) is 0 Å². The summed E-state index contributed by atoms with van der Waals surface area (Å²) < 4.78 is 5.94. The Morgan fingerprint density at radius 2 is 2.06 bits per heavy atom. The number of nitrogens with zero attached hydrogens (tertiary/aromatic N) is 1. The quantitative estimate of drug-likeness (QED) is 0.883. The molecule has 1 aromatic rings. The molecular formula is C14H20N2O2. The molecule has 1 aromatic carbocycles. The normalized spacial score (nSPS) is 17.7. The second-order valence-electron chi connectivity index (χ2n) is 4.96. The summed E-state index contributed by atoms with van der Waals surface area (Å²) in [7, 11) is 2.13. The number of aryl methyl sites for hydroxylation is 1. The third-order valence-electron chi connectivity index (χ3n) is 3.43. The summed E-state index contributed by atoms with van der Waals surface area (Å²) in [6.07, 6.45) is 2.38. The molecule has 1 aliphatic heterocycles. The highest BCUT2D eigenvalue weighted by Crippen LogP contribution is 2.21. The number of amides is 1. The number of benzene rings is 1. The highest BCUT2D eigenvalue weighted by molar-refractivity contribution is 5.94. The predicted octanol–water partition coefficient (Wildman–Crippen LogP) is 1.57. The summed E-state index contributed by atoms with van der Waals surface area (Å²) in [6, 6.07) is 5.45. The van der Waals surface area contributed by atoms with Crippen molar-refractivity contribution in [3.63, 3.8) is 0 Å². The number of piperidine rings is 1. The predicted molar refractivity (Wildman–Crippen MR) is 70.8 cm³/mol. The molecule has 1 fully saturated rings. The monoisotopic (exact) mass is 248 g/mol. The molecule has 1 amide bonds. The zero-order chi connectivity index (χ0) is 13.1. The van der Waals surface area contributed by atoms with E-state index in [4.69, 9.17) is 10.5 Å². The van der Waals surface area contributed by atoms with Crippen molar-refractivity contribution in [1.82, 2.24) is 4.90 Å². The van der Waals surface area contributed by atoms with Crippen LogP contribution in [0, 0.1) is 6.92 Å². The van der Waals surface area contributed by atoms with E-state index in [1.807, 2.05) is 19.1 Å². The molecule has 18 heavy (non-hydrogen) atoms. The second kappa shape index (κ2) is 5.40. The zero-order valence-electron chi connectivity index (χ0n) is 11.0. The van der Waals surface area contributed by atoms with E-state index in [9.17, 15) is 4.79 Å². The Balaban J connectivity index is 2.02. The van der Waals surface area contributed by atoms with E-state index < -0.39 is 5.91 Å². The number of hydrogen-bond acceptors (Lipinski definition) is 3. The molecule has 98 valence electrons. The minimum atomic E-state index is -0.390. The van der Waals surface area contributed by atoms with Gasteiger partial charge in [0.1, 0.15) is 11.9 Å². The van der Waals surface area contributed by atoms with E-state index in [2.05, 4.69) is 11.9 Å². The topological polar surface area (TPSA) is 55.6 Å². The molecule has 4 heteroatoms. The number of likely N-dealkylation sites (tertiary alicyclic amines) is 1. The van der Waals surface area contributed by atoms with E-state index in [1.165, 1.54) is 0 Å². The van der Waals surface area contributed by atoms with E-state index in [-0.39, 0.29) is 6.10 Å². The first-order valence-corrected chi connectivity index (χ1v) is 6.32. The van der Waals surface area contributed by atoms with Gasteiger partial charge in [-0.1, -0.05) is 0 Å².